The number of pyridine rings is 2. The molecule has 0 amide bonds. The highest BCUT2D eigenvalue weighted by atomic mass is 35.5. The highest BCUT2D eigenvalue weighted by Crippen LogP contribution is 2.36. The fourth-order valence-corrected chi connectivity index (χ4v) is 2.86. The van der Waals surface area contributed by atoms with Crippen LogP contribution in [0.4, 0.5) is 0 Å². The normalized spacial score (nSPS) is 13.3. The highest BCUT2D eigenvalue weighted by Gasteiger charge is 2.23. The summed E-state index contributed by atoms with van der Waals surface area (Å²) >= 11 is 7.97. The number of hydrogen-bond donors (Lipinski definition) is 0. The molecule has 23 heavy (non-hydrogen) atoms. The Bertz CT molecular complexity index is 675. The van der Waals surface area contributed by atoms with Gasteiger partial charge in [0.2, 0.25) is 5.88 Å². The Morgan fingerprint density at radius 3 is 2.65 bits per heavy atom. The van der Waals surface area contributed by atoms with Crippen molar-refractivity contribution in [1.29, 1.82) is 0 Å². The second kappa shape index (κ2) is 7.71. The summed E-state index contributed by atoms with van der Waals surface area (Å²) < 4.78 is 5.93. The van der Waals surface area contributed by atoms with Crippen LogP contribution < -0.4 is 4.74 Å². The Labute approximate surface area is 148 Å². The minimum absolute atomic E-state index is 0.0296. The summed E-state index contributed by atoms with van der Waals surface area (Å²) in [4.78, 5) is 8.78. The predicted octanol–water partition coefficient (Wildman–Crippen LogP) is 5.49. The Morgan fingerprint density at radius 1 is 1.26 bits per heavy atom. The molecule has 0 N–H and O–H groups in total. The molecule has 0 aromatic carbocycles. The summed E-state index contributed by atoms with van der Waals surface area (Å²) in [6.07, 6.45) is 7.83. The molecule has 0 fully saturated rings. The zero-order valence-electron chi connectivity index (χ0n) is 14.5. The first-order valence-electron chi connectivity index (χ1n) is 7.99. The topological polar surface area (TPSA) is 35.0 Å². The van der Waals surface area contributed by atoms with E-state index in [1.54, 1.807) is 6.20 Å². The molecule has 0 aliphatic heterocycles. The van der Waals surface area contributed by atoms with Crippen molar-refractivity contribution in [2.75, 3.05) is 12.9 Å². The SMILES string of the molecule is CCC(C)(C)c1cnc(OCCC(C)SC)c2cnc(Cl)cc12. The van der Waals surface area contributed by atoms with E-state index >= 15 is 0 Å². The van der Waals surface area contributed by atoms with E-state index in [9.17, 15) is 0 Å². The second-order valence-corrected chi connectivity index (χ2v) is 8.11. The van der Waals surface area contributed by atoms with Gasteiger partial charge in [-0.05, 0) is 41.5 Å². The van der Waals surface area contributed by atoms with E-state index < -0.39 is 0 Å². The Hall–Kier alpha value is -1.00. The van der Waals surface area contributed by atoms with Crippen LogP contribution in [0.25, 0.3) is 10.8 Å². The Kier molecular flexibility index (Phi) is 6.15. The molecule has 126 valence electrons. The summed E-state index contributed by atoms with van der Waals surface area (Å²) in [5.41, 5.74) is 1.21. The van der Waals surface area contributed by atoms with E-state index in [-0.39, 0.29) is 5.41 Å². The van der Waals surface area contributed by atoms with Gasteiger partial charge in [-0.3, -0.25) is 0 Å². The summed E-state index contributed by atoms with van der Waals surface area (Å²) in [6, 6.07) is 1.92. The molecule has 0 saturated heterocycles. The maximum Gasteiger partial charge on any atom is 0.222 e. The molecular weight excluding hydrogens is 328 g/mol. The first kappa shape index (κ1) is 18.3. The lowest BCUT2D eigenvalue weighted by Gasteiger charge is -2.25. The highest BCUT2D eigenvalue weighted by molar-refractivity contribution is 7.99. The third kappa shape index (κ3) is 4.30. The number of nitrogens with zero attached hydrogens (tertiary/aromatic N) is 2. The van der Waals surface area contributed by atoms with Crippen molar-refractivity contribution in [1.82, 2.24) is 9.97 Å². The first-order chi connectivity index (χ1) is 10.9. The summed E-state index contributed by atoms with van der Waals surface area (Å²) in [5.74, 6) is 0.646. The zero-order valence-corrected chi connectivity index (χ0v) is 16.1. The van der Waals surface area contributed by atoms with Gasteiger partial charge < -0.3 is 4.74 Å². The average Bonchev–Trinajstić information content (AvgIpc) is 2.54. The van der Waals surface area contributed by atoms with E-state index in [2.05, 4.69) is 43.9 Å². The van der Waals surface area contributed by atoms with E-state index in [1.165, 1.54) is 5.56 Å². The van der Waals surface area contributed by atoms with Crippen LogP contribution in [0, 0.1) is 0 Å². The molecule has 1 atom stereocenters. The van der Waals surface area contributed by atoms with Crippen LogP contribution in [-0.2, 0) is 5.41 Å². The minimum Gasteiger partial charge on any atom is -0.477 e. The molecule has 0 spiro atoms. The van der Waals surface area contributed by atoms with Gasteiger partial charge in [-0.25, -0.2) is 9.97 Å². The molecule has 3 nitrogen and oxygen atoms in total. The van der Waals surface area contributed by atoms with Crippen molar-refractivity contribution in [3.8, 4) is 5.88 Å². The minimum atomic E-state index is 0.0296. The lowest BCUT2D eigenvalue weighted by atomic mass is 9.81. The molecular formula is C18H25ClN2OS. The van der Waals surface area contributed by atoms with Gasteiger partial charge >= 0.3 is 0 Å². The van der Waals surface area contributed by atoms with Crippen molar-refractivity contribution in [2.45, 2.75) is 51.2 Å². The van der Waals surface area contributed by atoms with Crippen molar-refractivity contribution < 1.29 is 4.74 Å². The third-order valence-electron chi connectivity index (χ3n) is 4.48. The van der Waals surface area contributed by atoms with Gasteiger partial charge in [0.1, 0.15) is 5.15 Å². The molecule has 0 aliphatic rings. The van der Waals surface area contributed by atoms with Crippen molar-refractivity contribution in [3.05, 3.63) is 29.2 Å². The largest absolute Gasteiger partial charge is 0.477 e. The molecule has 2 aromatic rings. The van der Waals surface area contributed by atoms with Gasteiger partial charge in [-0.15, -0.1) is 0 Å². The van der Waals surface area contributed by atoms with E-state index in [1.807, 2.05) is 24.0 Å². The maximum absolute atomic E-state index is 6.13. The molecule has 0 bridgehead atoms. The average molecular weight is 353 g/mol. The van der Waals surface area contributed by atoms with Gasteiger partial charge in [-0.2, -0.15) is 11.8 Å². The number of fused-ring (bicyclic) bond motifs is 1. The van der Waals surface area contributed by atoms with E-state index in [4.69, 9.17) is 16.3 Å². The molecule has 0 saturated carbocycles. The molecule has 2 heterocycles. The fourth-order valence-electron chi connectivity index (χ4n) is 2.37. The standard InChI is InChI=1S/C18H25ClN2OS/c1-6-18(3,4)15-11-21-17(22-8-7-12(2)23-5)14-10-20-16(19)9-13(14)15/h9-12H,6-8H2,1-5H3. The second-order valence-electron chi connectivity index (χ2n) is 6.45. The van der Waals surface area contributed by atoms with Crippen LogP contribution >= 0.6 is 23.4 Å². The van der Waals surface area contributed by atoms with E-state index in [0.29, 0.717) is 22.9 Å². The fraction of sp³-hybridized carbons (Fsp3) is 0.556. The van der Waals surface area contributed by atoms with Crippen molar-refractivity contribution in [2.24, 2.45) is 0 Å². The third-order valence-corrected chi connectivity index (χ3v) is 5.73. The van der Waals surface area contributed by atoms with Crippen molar-refractivity contribution in [3.63, 3.8) is 0 Å². The number of rotatable bonds is 7. The van der Waals surface area contributed by atoms with Gasteiger partial charge in [-0.1, -0.05) is 39.3 Å². The molecule has 1 unspecified atom stereocenters. The van der Waals surface area contributed by atoms with Crippen LogP contribution in [0.1, 0.15) is 46.1 Å². The zero-order chi connectivity index (χ0) is 17.0. The monoisotopic (exact) mass is 352 g/mol. The van der Waals surface area contributed by atoms with Crippen LogP contribution in [0.15, 0.2) is 18.5 Å². The van der Waals surface area contributed by atoms with Gasteiger partial charge in [0.25, 0.3) is 0 Å². The van der Waals surface area contributed by atoms with Gasteiger partial charge in [0.05, 0.1) is 12.0 Å². The van der Waals surface area contributed by atoms with Crippen LogP contribution in [0.2, 0.25) is 5.15 Å². The van der Waals surface area contributed by atoms with Crippen LogP contribution in [-0.4, -0.2) is 28.1 Å². The lowest BCUT2D eigenvalue weighted by molar-refractivity contribution is 0.303. The van der Waals surface area contributed by atoms with Crippen LogP contribution in [0.3, 0.4) is 0 Å². The summed E-state index contributed by atoms with van der Waals surface area (Å²) in [7, 11) is 0. The quantitative estimate of drug-likeness (QED) is 0.617. The van der Waals surface area contributed by atoms with Crippen LogP contribution in [0.5, 0.6) is 5.88 Å². The molecule has 0 radical (unpaired) electrons. The molecule has 0 aliphatic carbocycles. The molecule has 5 heteroatoms. The number of aromatic nitrogens is 2. The van der Waals surface area contributed by atoms with Gasteiger partial charge in [0, 0.05) is 17.6 Å². The first-order valence-corrected chi connectivity index (χ1v) is 9.66. The van der Waals surface area contributed by atoms with Gasteiger partial charge in [0.15, 0.2) is 0 Å². The Morgan fingerprint density at radius 2 is 2.00 bits per heavy atom. The summed E-state index contributed by atoms with van der Waals surface area (Å²) in [5, 5.41) is 3.09. The van der Waals surface area contributed by atoms with Crippen molar-refractivity contribution >= 4 is 34.1 Å². The molecule has 2 rings (SSSR count). The number of hydrogen-bond acceptors (Lipinski definition) is 4. The lowest BCUT2D eigenvalue weighted by Crippen LogP contribution is -2.17. The van der Waals surface area contributed by atoms with E-state index in [0.717, 1.165) is 23.6 Å². The number of ether oxygens (including phenoxy) is 1. The maximum atomic E-state index is 6.13. The number of thioether (sulfide) groups is 1. The predicted molar refractivity (Wildman–Crippen MR) is 101 cm³/mol. The smallest absolute Gasteiger partial charge is 0.222 e. The molecule has 2 aromatic heterocycles. The Balaban J connectivity index is 2.39. The summed E-state index contributed by atoms with van der Waals surface area (Å²) in [6.45, 7) is 9.48. The number of halogens is 1.